The van der Waals surface area contributed by atoms with Gasteiger partial charge in [-0.1, -0.05) is 13.8 Å². The van der Waals surface area contributed by atoms with E-state index < -0.39 is 0 Å². The molecule has 0 radical (unpaired) electrons. The summed E-state index contributed by atoms with van der Waals surface area (Å²) in [5, 5.41) is 7.25. The molecule has 2 aromatic heterocycles. The summed E-state index contributed by atoms with van der Waals surface area (Å²) in [4.78, 5) is 19.4. The Morgan fingerprint density at radius 1 is 1.44 bits per heavy atom. The van der Waals surface area contributed by atoms with E-state index in [-0.39, 0.29) is 12.0 Å². The fourth-order valence-corrected chi connectivity index (χ4v) is 3.32. The lowest BCUT2D eigenvalue weighted by Crippen LogP contribution is -2.48. The van der Waals surface area contributed by atoms with Crippen molar-refractivity contribution in [1.29, 1.82) is 0 Å². The Kier molecular flexibility index (Phi) is 5.34. The minimum atomic E-state index is -0.155. The number of hydrogen-bond acceptors (Lipinski definition) is 5. The van der Waals surface area contributed by atoms with E-state index in [9.17, 15) is 4.79 Å². The number of ether oxygens (including phenoxy) is 1. The minimum absolute atomic E-state index is 0.0229. The maximum atomic E-state index is 12.6. The Morgan fingerprint density at radius 2 is 2.24 bits per heavy atom. The van der Waals surface area contributed by atoms with Crippen molar-refractivity contribution in [2.24, 2.45) is 5.92 Å². The third-order valence-electron chi connectivity index (χ3n) is 4.36. The quantitative estimate of drug-likeness (QED) is 0.888. The van der Waals surface area contributed by atoms with E-state index in [4.69, 9.17) is 4.74 Å². The average molecular weight is 345 g/mol. The summed E-state index contributed by atoms with van der Waals surface area (Å²) in [5.74, 6) is 0.474. The van der Waals surface area contributed by atoms with Crippen LogP contribution < -0.4 is 5.32 Å². The molecule has 2 aromatic rings. The second-order valence-corrected chi connectivity index (χ2v) is 7.19. The van der Waals surface area contributed by atoms with Crippen molar-refractivity contribution in [3.05, 3.63) is 29.2 Å². The lowest BCUT2D eigenvalue weighted by Gasteiger charge is -2.33. The van der Waals surface area contributed by atoms with E-state index in [1.807, 2.05) is 19.9 Å². The molecule has 0 bridgehead atoms. The molecule has 1 N–H and O–H groups in total. The van der Waals surface area contributed by atoms with Crippen molar-refractivity contribution in [2.45, 2.75) is 33.8 Å². The van der Waals surface area contributed by atoms with Crippen molar-refractivity contribution >= 4 is 11.6 Å². The van der Waals surface area contributed by atoms with Crippen LogP contribution in [0.4, 0.5) is 0 Å². The summed E-state index contributed by atoms with van der Waals surface area (Å²) in [6.45, 7) is 12.4. The van der Waals surface area contributed by atoms with Crippen LogP contribution in [0.3, 0.4) is 0 Å². The number of nitrogens with one attached hydrogen (secondary N) is 1. The number of carbonyl (C=O) groups is 1. The molecular formula is C18H27N5O2. The second kappa shape index (κ2) is 7.49. The van der Waals surface area contributed by atoms with Gasteiger partial charge in [0.1, 0.15) is 5.56 Å². The van der Waals surface area contributed by atoms with Crippen molar-refractivity contribution in [3.63, 3.8) is 0 Å². The van der Waals surface area contributed by atoms with Crippen molar-refractivity contribution < 1.29 is 9.53 Å². The summed E-state index contributed by atoms with van der Waals surface area (Å²) >= 11 is 0. The predicted molar refractivity (Wildman–Crippen MR) is 95.8 cm³/mol. The smallest absolute Gasteiger partial charge is 0.256 e. The normalized spacial score (nSPS) is 18.8. The highest BCUT2D eigenvalue weighted by Crippen LogP contribution is 2.12. The largest absolute Gasteiger partial charge is 0.374 e. The zero-order chi connectivity index (χ0) is 18.0. The van der Waals surface area contributed by atoms with E-state index in [0.717, 1.165) is 31.0 Å². The predicted octanol–water partition coefficient (Wildman–Crippen LogP) is 1.43. The van der Waals surface area contributed by atoms with Crippen LogP contribution in [0.1, 0.15) is 35.6 Å². The summed E-state index contributed by atoms with van der Waals surface area (Å²) in [7, 11) is 0. The molecule has 1 amide bonds. The number of fused-ring (bicyclic) bond motifs is 1. The van der Waals surface area contributed by atoms with Gasteiger partial charge in [0.2, 0.25) is 0 Å². The van der Waals surface area contributed by atoms with Crippen LogP contribution in [0.5, 0.6) is 0 Å². The third-order valence-corrected chi connectivity index (χ3v) is 4.36. The number of aromatic nitrogens is 3. The van der Waals surface area contributed by atoms with Gasteiger partial charge in [-0.15, -0.1) is 0 Å². The highest BCUT2D eigenvalue weighted by Gasteiger charge is 2.22. The number of aryl methyl sites for hydroxylation is 2. The molecule has 7 nitrogen and oxygen atoms in total. The molecule has 1 aliphatic heterocycles. The molecule has 3 heterocycles. The first-order valence-electron chi connectivity index (χ1n) is 8.88. The third kappa shape index (κ3) is 4.16. The summed E-state index contributed by atoms with van der Waals surface area (Å²) in [6.07, 6.45) is 1.60. The number of hydrogen-bond donors (Lipinski definition) is 1. The van der Waals surface area contributed by atoms with Crippen molar-refractivity contribution in [3.8, 4) is 0 Å². The van der Waals surface area contributed by atoms with Gasteiger partial charge >= 0.3 is 0 Å². The van der Waals surface area contributed by atoms with E-state index >= 15 is 0 Å². The molecule has 3 rings (SSSR count). The molecule has 0 spiro atoms. The number of rotatable bonds is 5. The van der Waals surface area contributed by atoms with Crippen molar-refractivity contribution in [1.82, 2.24) is 24.8 Å². The molecule has 0 saturated carbocycles. The SMILES string of the molecule is Cc1cc(C)n2ncc(C(=O)NCC3CN(CC(C)C)CCO3)c2n1. The molecule has 1 saturated heterocycles. The summed E-state index contributed by atoms with van der Waals surface area (Å²) in [6, 6.07) is 1.95. The van der Waals surface area contributed by atoms with E-state index in [1.54, 1.807) is 10.7 Å². The zero-order valence-corrected chi connectivity index (χ0v) is 15.5. The lowest BCUT2D eigenvalue weighted by atomic mass is 10.2. The van der Waals surface area contributed by atoms with Crippen LogP contribution in [0.2, 0.25) is 0 Å². The maximum absolute atomic E-state index is 12.6. The second-order valence-electron chi connectivity index (χ2n) is 7.19. The van der Waals surface area contributed by atoms with Crippen LogP contribution in [-0.2, 0) is 4.74 Å². The molecule has 0 aliphatic carbocycles. The number of morpholine rings is 1. The fraction of sp³-hybridized carbons (Fsp3) is 0.611. The molecular weight excluding hydrogens is 318 g/mol. The highest BCUT2D eigenvalue weighted by molar-refractivity contribution is 5.99. The Bertz CT molecular complexity index is 755. The topological polar surface area (TPSA) is 71.8 Å². The molecule has 0 aromatic carbocycles. The van der Waals surface area contributed by atoms with Gasteiger partial charge in [-0.3, -0.25) is 9.69 Å². The van der Waals surface area contributed by atoms with Gasteiger partial charge in [0, 0.05) is 37.6 Å². The Labute approximate surface area is 148 Å². The van der Waals surface area contributed by atoms with Gasteiger partial charge in [0.05, 0.1) is 18.9 Å². The monoisotopic (exact) mass is 345 g/mol. The highest BCUT2D eigenvalue weighted by atomic mass is 16.5. The average Bonchev–Trinajstić information content (AvgIpc) is 2.96. The first kappa shape index (κ1) is 17.8. The molecule has 1 fully saturated rings. The standard InChI is InChI=1S/C18H27N5O2/c1-12(2)10-22-5-6-25-15(11-22)8-19-18(24)16-9-20-23-14(4)7-13(3)21-17(16)23/h7,9,12,15H,5-6,8,10-11H2,1-4H3,(H,19,24). The minimum Gasteiger partial charge on any atom is -0.374 e. The Hall–Kier alpha value is -1.99. The van der Waals surface area contributed by atoms with E-state index in [0.29, 0.717) is 30.3 Å². The van der Waals surface area contributed by atoms with Crippen LogP contribution in [0.15, 0.2) is 12.3 Å². The van der Waals surface area contributed by atoms with Crippen LogP contribution in [0, 0.1) is 19.8 Å². The van der Waals surface area contributed by atoms with Crippen LogP contribution in [0.25, 0.3) is 5.65 Å². The number of amides is 1. The first-order valence-corrected chi connectivity index (χ1v) is 8.88. The molecule has 25 heavy (non-hydrogen) atoms. The molecule has 1 unspecified atom stereocenters. The Morgan fingerprint density at radius 3 is 3.00 bits per heavy atom. The first-order chi connectivity index (χ1) is 11.9. The Balaban J connectivity index is 1.63. The molecule has 1 atom stereocenters. The van der Waals surface area contributed by atoms with Crippen LogP contribution >= 0.6 is 0 Å². The van der Waals surface area contributed by atoms with Gasteiger partial charge in [0.25, 0.3) is 5.91 Å². The molecule has 136 valence electrons. The van der Waals surface area contributed by atoms with E-state index in [2.05, 4.69) is 34.1 Å². The van der Waals surface area contributed by atoms with Crippen molar-refractivity contribution in [2.75, 3.05) is 32.8 Å². The summed E-state index contributed by atoms with van der Waals surface area (Å²) in [5.41, 5.74) is 2.93. The van der Waals surface area contributed by atoms with Gasteiger partial charge in [-0.25, -0.2) is 9.50 Å². The zero-order valence-electron chi connectivity index (χ0n) is 15.5. The number of carbonyl (C=O) groups excluding carboxylic acids is 1. The number of nitrogens with zero attached hydrogens (tertiary/aromatic N) is 4. The lowest BCUT2D eigenvalue weighted by molar-refractivity contribution is -0.0295. The van der Waals surface area contributed by atoms with Gasteiger partial charge in [-0.2, -0.15) is 5.10 Å². The van der Waals surface area contributed by atoms with Gasteiger partial charge in [0.15, 0.2) is 5.65 Å². The van der Waals surface area contributed by atoms with E-state index in [1.165, 1.54) is 0 Å². The van der Waals surface area contributed by atoms with Gasteiger partial charge in [-0.05, 0) is 25.8 Å². The van der Waals surface area contributed by atoms with Gasteiger partial charge < -0.3 is 10.1 Å². The maximum Gasteiger partial charge on any atom is 0.256 e. The molecule has 1 aliphatic rings. The van der Waals surface area contributed by atoms with Crippen LogP contribution in [-0.4, -0.2) is 64.3 Å². The summed E-state index contributed by atoms with van der Waals surface area (Å²) < 4.78 is 7.49. The molecule has 7 heteroatoms. The fourth-order valence-electron chi connectivity index (χ4n) is 3.32.